The van der Waals surface area contributed by atoms with E-state index in [2.05, 4.69) is 66.9 Å². The number of nitrogens with one attached hydrogen (secondary N) is 3. The van der Waals surface area contributed by atoms with Crippen LogP contribution in [0.5, 0.6) is 0 Å². The Kier molecular flexibility index (Phi) is 14.0. The third kappa shape index (κ3) is 11.5. The van der Waals surface area contributed by atoms with E-state index in [1.54, 1.807) is 48.7 Å². The molecule has 0 unspecified atom stereocenters. The molecule has 0 atom stereocenters. The number of nitrogens with zero attached hydrogens (tertiary/aromatic N) is 8. The summed E-state index contributed by atoms with van der Waals surface area (Å²) in [5.41, 5.74) is 1.59. The summed E-state index contributed by atoms with van der Waals surface area (Å²) in [6.07, 6.45) is 1.97. The summed E-state index contributed by atoms with van der Waals surface area (Å²) in [5, 5.41) is 16.7. The van der Waals surface area contributed by atoms with Crippen LogP contribution in [0.2, 0.25) is 0 Å². The van der Waals surface area contributed by atoms with Crippen molar-refractivity contribution < 1.29 is 40.7 Å². The molecule has 0 bridgehead atoms. The molecular weight excluding hydrogens is 965 g/mol. The second-order valence-electron chi connectivity index (χ2n) is 18.9. The fourth-order valence-corrected chi connectivity index (χ4v) is 8.69. The van der Waals surface area contributed by atoms with E-state index in [1.165, 1.54) is 61.2 Å². The molecule has 6 aromatic heterocycles. The number of benzene rings is 2. The highest BCUT2D eigenvalue weighted by Gasteiger charge is 2.38. The molecular formula is C54H47F6N11O3. The lowest BCUT2D eigenvalue weighted by atomic mass is 9.79. The van der Waals surface area contributed by atoms with Gasteiger partial charge in [-0.2, -0.15) is 36.5 Å². The molecule has 1 aliphatic rings. The van der Waals surface area contributed by atoms with Gasteiger partial charge in [0.25, 0.3) is 17.7 Å². The Hall–Kier alpha value is -8.55. The summed E-state index contributed by atoms with van der Waals surface area (Å²) in [4.78, 5) is 56.1. The predicted molar refractivity (Wildman–Crippen MR) is 264 cm³/mol. The van der Waals surface area contributed by atoms with Gasteiger partial charge in [0, 0.05) is 59.1 Å². The van der Waals surface area contributed by atoms with Gasteiger partial charge in [-0.1, -0.05) is 39.0 Å². The number of halogens is 6. The largest absolute Gasteiger partial charge is 0.433 e. The third-order valence-corrected chi connectivity index (χ3v) is 12.7. The molecule has 0 radical (unpaired) electrons. The molecule has 3 N–H and O–H groups in total. The summed E-state index contributed by atoms with van der Waals surface area (Å²) >= 11 is 0. The molecule has 74 heavy (non-hydrogen) atoms. The van der Waals surface area contributed by atoms with Crippen molar-refractivity contribution in [1.29, 1.82) is 0 Å². The van der Waals surface area contributed by atoms with E-state index < -0.39 is 35.6 Å². The van der Waals surface area contributed by atoms with Gasteiger partial charge in [-0.25, -0.2) is 19.3 Å². The Balaban J connectivity index is 0.783. The first kappa shape index (κ1) is 50.4. The second-order valence-corrected chi connectivity index (χ2v) is 18.9. The molecule has 9 rings (SSSR count). The minimum absolute atomic E-state index is 0.0109. The number of carbonyl (C=O) groups excluding carboxylic acids is 3. The number of pyridine rings is 4. The van der Waals surface area contributed by atoms with E-state index in [0.717, 1.165) is 64.5 Å². The molecule has 1 saturated carbocycles. The first-order chi connectivity index (χ1) is 35.3. The Labute approximate surface area is 420 Å². The number of rotatable bonds is 12. The number of amides is 3. The molecule has 6 heterocycles. The van der Waals surface area contributed by atoms with Crippen molar-refractivity contribution in [2.24, 2.45) is 5.92 Å². The van der Waals surface area contributed by atoms with Crippen LogP contribution in [0.1, 0.15) is 106 Å². The van der Waals surface area contributed by atoms with Crippen LogP contribution in [0.25, 0.3) is 33.9 Å². The zero-order valence-corrected chi connectivity index (χ0v) is 40.0. The minimum Gasteiger partial charge on any atom is -0.352 e. The van der Waals surface area contributed by atoms with Gasteiger partial charge >= 0.3 is 12.4 Å². The number of hydrogen-bond donors (Lipinski definition) is 3. The first-order valence-electron chi connectivity index (χ1n) is 23.5. The van der Waals surface area contributed by atoms with E-state index in [9.17, 15) is 40.7 Å². The molecule has 14 nitrogen and oxygen atoms in total. The number of alkyl halides is 6. The highest BCUT2D eigenvalue weighted by molar-refractivity contribution is 6.06. The van der Waals surface area contributed by atoms with Crippen molar-refractivity contribution in [2.75, 3.05) is 17.2 Å². The summed E-state index contributed by atoms with van der Waals surface area (Å²) in [6.45, 7) is 6.57. The smallest absolute Gasteiger partial charge is 0.352 e. The number of anilines is 2. The Morgan fingerprint density at radius 1 is 0.568 bits per heavy atom. The average molecular weight is 1010 g/mol. The van der Waals surface area contributed by atoms with E-state index >= 15 is 0 Å². The van der Waals surface area contributed by atoms with Crippen LogP contribution in [0.15, 0.2) is 140 Å². The molecule has 0 spiro atoms. The molecule has 1 fully saturated rings. The number of carbonyl (C=O) groups is 3. The van der Waals surface area contributed by atoms with Crippen LogP contribution in [-0.4, -0.2) is 63.8 Å². The molecule has 8 aromatic rings. The lowest BCUT2D eigenvalue weighted by molar-refractivity contribution is -0.143. The van der Waals surface area contributed by atoms with Crippen molar-refractivity contribution in [3.05, 3.63) is 180 Å². The van der Waals surface area contributed by atoms with Crippen molar-refractivity contribution in [3.63, 3.8) is 0 Å². The maximum absolute atomic E-state index is 14.4. The Bertz CT molecular complexity index is 3310. The maximum Gasteiger partial charge on any atom is 0.433 e. The van der Waals surface area contributed by atoms with E-state index in [-0.39, 0.29) is 68.7 Å². The van der Waals surface area contributed by atoms with Crippen LogP contribution in [0.4, 0.5) is 38.0 Å². The van der Waals surface area contributed by atoms with Gasteiger partial charge in [0.05, 0.1) is 35.2 Å². The highest BCUT2D eigenvalue weighted by atomic mass is 19.4. The zero-order valence-electron chi connectivity index (χ0n) is 40.0. The molecule has 3 amide bonds. The van der Waals surface area contributed by atoms with Gasteiger partial charge in [-0.3, -0.25) is 24.4 Å². The normalized spacial score (nSPS) is 15.1. The lowest BCUT2D eigenvalue weighted by Gasteiger charge is -2.29. The molecule has 2 aromatic carbocycles. The summed E-state index contributed by atoms with van der Waals surface area (Å²) in [5.74, 6) is -0.971. The molecule has 20 heteroatoms. The van der Waals surface area contributed by atoms with Gasteiger partial charge in [0.15, 0.2) is 0 Å². The number of hydrogen-bond acceptors (Lipinski definition) is 9. The van der Waals surface area contributed by atoms with Gasteiger partial charge in [-0.05, 0) is 139 Å². The Morgan fingerprint density at radius 2 is 1.12 bits per heavy atom. The summed E-state index contributed by atoms with van der Waals surface area (Å²) in [7, 11) is 0. The fourth-order valence-electron chi connectivity index (χ4n) is 8.69. The predicted octanol–water partition coefficient (Wildman–Crippen LogP) is 11.5. The lowest BCUT2D eigenvalue weighted by Crippen LogP contribution is -2.31. The average Bonchev–Trinajstić information content (AvgIpc) is 4.07. The quantitative estimate of drug-likeness (QED) is 0.101. The van der Waals surface area contributed by atoms with E-state index in [4.69, 9.17) is 0 Å². The topological polar surface area (TPSA) is 174 Å². The van der Waals surface area contributed by atoms with Crippen molar-refractivity contribution >= 4 is 29.4 Å². The summed E-state index contributed by atoms with van der Waals surface area (Å²) < 4.78 is 86.8. The van der Waals surface area contributed by atoms with Gasteiger partial charge < -0.3 is 16.0 Å². The Morgan fingerprint density at radius 3 is 1.65 bits per heavy atom. The van der Waals surface area contributed by atoms with E-state index in [1.807, 2.05) is 12.1 Å². The van der Waals surface area contributed by atoms with Crippen LogP contribution in [0.3, 0.4) is 0 Å². The van der Waals surface area contributed by atoms with Gasteiger partial charge in [0.1, 0.15) is 23.0 Å². The van der Waals surface area contributed by atoms with Crippen LogP contribution < -0.4 is 16.0 Å². The SMILES string of the molecule is CC(C)(C)c1ccc(C(=O)Nc2ccc(-n3nc(-c4cncc(C5CCC(CNC(=O)c6cccc(C(=O)Nc7ccc(-n8nc(-c9cccnc9)cc8C(F)(F)F)cn7)c6)CC5)c4)cc3C(F)(F)F)cn2)cc1. The summed E-state index contributed by atoms with van der Waals surface area (Å²) in [6, 6.07) is 25.6. The van der Waals surface area contributed by atoms with Gasteiger partial charge in [0.2, 0.25) is 0 Å². The van der Waals surface area contributed by atoms with Crippen molar-refractivity contribution in [2.45, 2.75) is 70.1 Å². The minimum atomic E-state index is -4.75. The zero-order chi connectivity index (χ0) is 52.4. The van der Waals surface area contributed by atoms with Crippen molar-refractivity contribution in [3.8, 4) is 33.9 Å². The first-order valence-corrected chi connectivity index (χ1v) is 23.5. The maximum atomic E-state index is 14.4. The second kappa shape index (κ2) is 20.5. The fraction of sp³-hybridized carbons (Fsp3) is 0.241. The number of aromatic nitrogens is 8. The molecule has 378 valence electrons. The van der Waals surface area contributed by atoms with E-state index in [0.29, 0.717) is 23.2 Å². The molecule has 0 saturated heterocycles. The van der Waals surface area contributed by atoms with Gasteiger partial charge in [-0.15, -0.1) is 0 Å². The highest BCUT2D eigenvalue weighted by Crippen LogP contribution is 2.39. The monoisotopic (exact) mass is 1010 g/mol. The molecule has 0 aliphatic heterocycles. The third-order valence-electron chi connectivity index (χ3n) is 12.7. The van der Waals surface area contributed by atoms with Crippen LogP contribution in [0, 0.1) is 5.92 Å². The van der Waals surface area contributed by atoms with Crippen LogP contribution >= 0.6 is 0 Å². The standard InChI is InChI=1S/C54H47F6N11O3/c1-52(2,3)40-15-13-34(14-16-40)50(73)66-47-19-17-42(31-63-47)71-46(54(58,59)60)25-44(69-71)39-23-38(28-62-29-39)33-11-9-32(10-12-33)26-65-49(72)35-6-4-7-36(22-35)51(74)67-48-20-18-41(30-64-48)70-45(53(55,56)57)24-43(68-70)37-8-5-21-61-27-37/h4-8,13-25,27-33H,9-12,26H2,1-3H3,(H,65,72)(H,63,66,73)(H,64,67,74). The van der Waals surface area contributed by atoms with Crippen molar-refractivity contribution in [1.82, 2.24) is 44.8 Å². The molecule has 1 aliphatic carbocycles. The van der Waals surface area contributed by atoms with Crippen LogP contribution in [-0.2, 0) is 17.8 Å².